The van der Waals surface area contributed by atoms with Gasteiger partial charge in [-0.3, -0.25) is 0 Å². The van der Waals surface area contributed by atoms with E-state index >= 15 is 0 Å². The summed E-state index contributed by atoms with van der Waals surface area (Å²) >= 11 is 1.75. The number of rotatable bonds is 6. The van der Waals surface area contributed by atoms with Gasteiger partial charge in [-0.05, 0) is 47.6 Å². The second kappa shape index (κ2) is 6.17. The molecule has 1 unspecified atom stereocenters. The topological polar surface area (TPSA) is 20.2 Å². The molecule has 0 saturated heterocycles. The van der Waals surface area contributed by atoms with Crippen LogP contribution >= 0.6 is 11.3 Å². The van der Waals surface area contributed by atoms with Crippen molar-refractivity contribution >= 4 is 11.3 Å². The van der Waals surface area contributed by atoms with E-state index in [1.807, 2.05) is 0 Å². The van der Waals surface area contributed by atoms with Crippen LogP contribution in [-0.4, -0.2) is 11.7 Å². The molecule has 0 spiro atoms. The Morgan fingerprint density at radius 2 is 2.31 bits per heavy atom. The third kappa shape index (κ3) is 3.92. The third-order valence-corrected chi connectivity index (χ3v) is 3.11. The molecular weight excluding hydrogens is 180 g/mol. The van der Waals surface area contributed by atoms with Gasteiger partial charge in [0.1, 0.15) is 0 Å². The predicted octanol–water partition coefficient (Wildman–Crippen LogP) is 3.09. The average Bonchev–Trinajstić information content (AvgIpc) is 2.64. The Morgan fingerprint density at radius 3 is 2.85 bits per heavy atom. The van der Waals surface area contributed by atoms with Gasteiger partial charge in [-0.1, -0.05) is 13.3 Å². The van der Waals surface area contributed by atoms with Gasteiger partial charge in [0.15, 0.2) is 0 Å². The molecule has 0 bridgehead atoms. The van der Waals surface area contributed by atoms with Crippen molar-refractivity contribution in [2.75, 3.05) is 6.61 Å². The number of aryl methyl sites for hydroxylation is 1. The summed E-state index contributed by atoms with van der Waals surface area (Å²) in [6, 6.07) is 2.17. The highest BCUT2D eigenvalue weighted by Crippen LogP contribution is 2.15. The molecular formula is C11H18OS. The van der Waals surface area contributed by atoms with Crippen molar-refractivity contribution in [3.05, 3.63) is 22.4 Å². The fourth-order valence-electron chi connectivity index (χ4n) is 1.54. The minimum absolute atomic E-state index is 0.345. The summed E-state index contributed by atoms with van der Waals surface area (Å²) < 4.78 is 0. The summed E-state index contributed by atoms with van der Waals surface area (Å²) in [6.07, 6.45) is 4.57. The maximum atomic E-state index is 9.09. The van der Waals surface area contributed by atoms with Gasteiger partial charge < -0.3 is 5.11 Å². The molecule has 1 aromatic rings. The molecule has 0 saturated carbocycles. The Morgan fingerprint density at radius 1 is 1.46 bits per heavy atom. The normalized spacial score (nSPS) is 13.1. The Kier molecular flexibility index (Phi) is 5.09. The SMILES string of the molecule is CCCC(CO)CCc1ccsc1. The van der Waals surface area contributed by atoms with E-state index < -0.39 is 0 Å². The molecule has 0 aromatic carbocycles. The van der Waals surface area contributed by atoms with Crippen molar-refractivity contribution < 1.29 is 5.11 Å². The highest BCUT2D eigenvalue weighted by Gasteiger charge is 2.06. The standard InChI is InChI=1S/C11H18OS/c1-2-3-10(8-12)4-5-11-6-7-13-9-11/h6-7,9-10,12H,2-5,8H2,1H3. The molecule has 0 fully saturated rings. The highest BCUT2D eigenvalue weighted by molar-refractivity contribution is 7.07. The fourth-order valence-corrected chi connectivity index (χ4v) is 2.24. The van der Waals surface area contributed by atoms with Crippen LogP contribution in [0.2, 0.25) is 0 Å². The molecule has 0 aliphatic carbocycles. The molecule has 0 aliphatic rings. The van der Waals surface area contributed by atoms with Crippen LogP contribution in [0, 0.1) is 5.92 Å². The van der Waals surface area contributed by atoms with E-state index in [0.29, 0.717) is 12.5 Å². The van der Waals surface area contributed by atoms with E-state index in [-0.39, 0.29) is 0 Å². The first-order valence-electron chi connectivity index (χ1n) is 4.98. The summed E-state index contributed by atoms with van der Waals surface area (Å²) in [7, 11) is 0. The zero-order valence-corrected chi connectivity index (χ0v) is 9.02. The number of hydrogen-bond acceptors (Lipinski definition) is 2. The summed E-state index contributed by atoms with van der Waals surface area (Å²) in [5.74, 6) is 0.505. The number of aliphatic hydroxyl groups is 1. The summed E-state index contributed by atoms with van der Waals surface area (Å²) in [5, 5.41) is 13.4. The lowest BCUT2D eigenvalue weighted by Gasteiger charge is -2.11. The van der Waals surface area contributed by atoms with Crippen molar-refractivity contribution in [1.29, 1.82) is 0 Å². The van der Waals surface area contributed by atoms with Gasteiger partial charge in [-0.2, -0.15) is 11.3 Å². The van der Waals surface area contributed by atoms with Crippen LogP contribution in [0.25, 0.3) is 0 Å². The summed E-state index contributed by atoms with van der Waals surface area (Å²) in [5.41, 5.74) is 1.42. The zero-order chi connectivity index (χ0) is 9.52. The largest absolute Gasteiger partial charge is 0.396 e. The van der Waals surface area contributed by atoms with Crippen molar-refractivity contribution in [1.82, 2.24) is 0 Å². The van der Waals surface area contributed by atoms with Crippen LogP contribution in [0.5, 0.6) is 0 Å². The predicted molar refractivity (Wildman–Crippen MR) is 58.1 cm³/mol. The Labute approximate surface area is 84.4 Å². The quantitative estimate of drug-likeness (QED) is 0.744. The summed E-state index contributed by atoms with van der Waals surface area (Å²) in [4.78, 5) is 0. The molecule has 1 heterocycles. The first kappa shape index (κ1) is 10.7. The summed E-state index contributed by atoms with van der Waals surface area (Å²) in [6.45, 7) is 2.52. The van der Waals surface area contributed by atoms with E-state index in [1.54, 1.807) is 11.3 Å². The van der Waals surface area contributed by atoms with Gasteiger partial charge in [0.25, 0.3) is 0 Å². The Bertz CT molecular complexity index is 206. The van der Waals surface area contributed by atoms with Crippen molar-refractivity contribution in [3.63, 3.8) is 0 Å². The Hall–Kier alpha value is -0.340. The first-order chi connectivity index (χ1) is 6.36. The van der Waals surface area contributed by atoms with Gasteiger partial charge in [-0.25, -0.2) is 0 Å². The van der Waals surface area contributed by atoms with Gasteiger partial charge in [-0.15, -0.1) is 0 Å². The molecule has 13 heavy (non-hydrogen) atoms. The lowest BCUT2D eigenvalue weighted by atomic mass is 9.97. The number of thiophene rings is 1. The van der Waals surface area contributed by atoms with E-state index in [0.717, 1.165) is 19.3 Å². The van der Waals surface area contributed by atoms with Gasteiger partial charge >= 0.3 is 0 Å². The molecule has 74 valence electrons. The first-order valence-corrected chi connectivity index (χ1v) is 5.93. The monoisotopic (exact) mass is 198 g/mol. The minimum Gasteiger partial charge on any atom is -0.396 e. The van der Waals surface area contributed by atoms with Crippen LogP contribution in [0.1, 0.15) is 31.7 Å². The molecule has 1 nitrogen and oxygen atoms in total. The fraction of sp³-hybridized carbons (Fsp3) is 0.636. The molecule has 2 heteroatoms. The van der Waals surface area contributed by atoms with Gasteiger partial charge in [0.2, 0.25) is 0 Å². The maximum absolute atomic E-state index is 9.09. The van der Waals surface area contributed by atoms with E-state index in [1.165, 1.54) is 12.0 Å². The van der Waals surface area contributed by atoms with E-state index in [9.17, 15) is 0 Å². The molecule has 0 radical (unpaired) electrons. The number of hydrogen-bond donors (Lipinski definition) is 1. The molecule has 1 rings (SSSR count). The average molecular weight is 198 g/mol. The van der Waals surface area contributed by atoms with Crippen molar-refractivity contribution in [2.45, 2.75) is 32.6 Å². The minimum atomic E-state index is 0.345. The molecule has 1 aromatic heterocycles. The zero-order valence-electron chi connectivity index (χ0n) is 8.20. The molecule has 1 N–H and O–H groups in total. The van der Waals surface area contributed by atoms with E-state index in [2.05, 4.69) is 23.8 Å². The van der Waals surface area contributed by atoms with Crippen LogP contribution in [0.4, 0.5) is 0 Å². The lowest BCUT2D eigenvalue weighted by molar-refractivity contribution is 0.210. The van der Waals surface area contributed by atoms with E-state index in [4.69, 9.17) is 5.11 Å². The van der Waals surface area contributed by atoms with Crippen molar-refractivity contribution in [2.24, 2.45) is 5.92 Å². The third-order valence-electron chi connectivity index (χ3n) is 2.38. The highest BCUT2D eigenvalue weighted by atomic mass is 32.1. The molecule has 0 aliphatic heterocycles. The second-order valence-corrected chi connectivity index (χ2v) is 4.29. The van der Waals surface area contributed by atoms with Crippen LogP contribution < -0.4 is 0 Å². The molecule has 0 amide bonds. The van der Waals surface area contributed by atoms with Gasteiger partial charge in [0.05, 0.1) is 0 Å². The molecule has 1 atom stereocenters. The number of aliphatic hydroxyl groups excluding tert-OH is 1. The van der Waals surface area contributed by atoms with Crippen LogP contribution in [0.3, 0.4) is 0 Å². The second-order valence-electron chi connectivity index (χ2n) is 3.51. The smallest absolute Gasteiger partial charge is 0.0459 e. The Balaban J connectivity index is 2.23. The maximum Gasteiger partial charge on any atom is 0.0459 e. The van der Waals surface area contributed by atoms with Crippen LogP contribution in [-0.2, 0) is 6.42 Å². The van der Waals surface area contributed by atoms with Gasteiger partial charge in [0, 0.05) is 6.61 Å². The van der Waals surface area contributed by atoms with Crippen molar-refractivity contribution in [3.8, 4) is 0 Å². The van der Waals surface area contributed by atoms with Crippen LogP contribution in [0.15, 0.2) is 16.8 Å². The lowest BCUT2D eigenvalue weighted by Crippen LogP contribution is -2.06.